The van der Waals surface area contributed by atoms with E-state index in [2.05, 4.69) is 51.6 Å². The normalized spacial score (nSPS) is 15.0. The predicted octanol–water partition coefficient (Wildman–Crippen LogP) is 4.65. The third kappa shape index (κ3) is 2.18. The van der Waals surface area contributed by atoms with Crippen LogP contribution in [0.25, 0.3) is 10.1 Å². The summed E-state index contributed by atoms with van der Waals surface area (Å²) in [5.41, 5.74) is 10.1. The van der Waals surface area contributed by atoms with Crippen LogP contribution >= 0.6 is 27.3 Å². The summed E-state index contributed by atoms with van der Waals surface area (Å²) in [5.74, 6) is 1.00. The highest BCUT2D eigenvalue weighted by molar-refractivity contribution is 9.10. The van der Waals surface area contributed by atoms with Crippen molar-refractivity contribution >= 4 is 37.4 Å². The van der Waals surface area contributed by atoms with Gasteiger partial charge in [-0.2, -0.15) is 0 Å². The molecule has 0 radical (unpaired) electrons. The fourth-order valence-corrected chi connectivity index (χ4v) is 4.52. The third-order valence-corrected chi connectivity index (χ3v) is 5.96. The van der Waals surface area contributed by atoms with Gasteiger partial charge in [0, 0.05) is 15.6 Å². The summed E-state index contributed by atoms with van der Waals surface area (Å²) >= 11 is 5.35. The zero-order valence-electron chi connectivity index (χ0n) is 11.3. The summed E-state index contributed by atoms with van der Waals surface area (Å²) in [6.07, 6.45) is 0.978. The number of halogens is 1. The van der Waals surface area contributed by atoms with Crippen LogP contribution in [0, 0.1) is 0 Å². The molecule has 0 saturated carbocycles. The van der Waals surface area contributed by atoms with E-state index in [0.717, 1.165) is 28.8 Å². The second-order valence-corrected chi connectivity index (χ2v) is 6.98. The number of nitrogens with two attached hydrogens (primary N) is 1. The van der Waals surface area contributed by atoms with E-state index in [4.69, 9.17) is 10.5 Å². The Morgan fingerprint density at radius 2 is 2.14 bits per heavy atom. The number of rotatable bonds is 2. The summed E-state index contributed by atoms with van der Waals surface area (Å²) in [6, 6.07) is 12.5. The van der Waals surface area contributed by atoms with Gasteiger partial charge >= 0.3 is 0 Å². The van der Waals surface area contributed by atoms with Gasteiger partial charge in [0.05, 0.1) is 12.6 Å². The highest BCUT2D eigenvalue weighted by atomic mass is 79.9. The first-order valence-electron chi connectivity index (χ1n) is 6.91. The molecule has 1 aliphatic rings. The number of thiophene rings is 1. The van der Waals surface area contributed by atoms with Crippen molar-refractivity contribution in [3.05, 3.63) is 62.9 Å². The number of hydrogen-bond donors (Lipinski definition) is 1. The quantitative estimate of drug-likeness (QED) is 0.722. The Labute approximate surface area is 135 Å². The van der Waals surface area contributed by atoms with Gasteiger partial charge in [-0.1, -0.05) is 24.3 Å². The minimum Gasteiger partial charge on any atom is -0.493 e. The van der Waals surface area contributed by atoms with Crippen molar-refractivity contribution in [1.82, 2.24) is 0 Å². The molecule has 106 valence electrons. The molecule has 0 saturated heterocycles. The second-order valence-electron chi connectivity index (χ2n) is 5.25. The lowest BCUT2D eigenvalue weighted by Gasteiger charge is -2.13. The Morgan fingerprint density at radius 3 is 3.05 bits per heavy atom. The van der Waals surface area contributed by atoms with Gasteiger partial charge in [0.1, 0.15) is 5.75 Å². The van der Waals surface area contributed by atoms with E-state index >= 15 is 0 Å². The summed E-state index contributed by atoms with van der Waals surface area (Å²) in [7, 11) is 0. The van der Waals surface area contributed by atoms with E-state index in [-0.39, 0.29) is 6.04 Å². The van der Waals surface area contributed by atoms with Gasteiger partial charge in [0.2, 0.25) is 0 Å². The Morgan fingerprint density at radius 1 is 1.24 bits per heavy atom. The van der Waals surface area contributed by atoms with Crippen LogP contribution < -0.4 is 10.5 Å². The maximum Gasteiger partial charge on any atom is 0.122 e. The molecule has 1 unspecified atom stereocenters. The van der Waals surface area contributed by atoms with Crippen molar-refractivity contribution < 1.29 is 4.74 Å². The van der Waals surface area contributed by atoms with Crippen LogP contribution in [0.2, 0.25) is 0 Å². The van der Waals surface area contributed by atoms with E-state index in [1.54, 1.807) is 11.3 Å². The topological polar surface area (TPSA) is 35.2 Å². The van der Waals surface area contributed by atoms with Crippen LogP contribution in [0.3, 0.4) is 0 Å². The van der Waals surface area contributed by atoms with E-state index in [9.17, 15) is 0 Å². The third-order valence-electron chi connectivity index (χ3n) is 3.99. The lowest BCUT2D eigenvalue weighted by atomic mass is 9.97. The highest BCUT2D eigenvalue weighted by Gasteiger charge is 2.18. The molecule has 0 aliphatic carbocycles. The smallest absolute Gasteiger partial charge is 0.122 e. The van der Waals surface area contributed by atoms with Crippen molar-refractivity contribution in [1.29, 1.82) is 0 Å². The number of hydrogen-bond acceptors (Lipinski definition) is 3. The minimum atomic E-state index is -0.0982. The molecule has 0 fully saturated rings. The largest absolute Gasteiger partial charge is 0.493 e. The van der Waals surface area contributed by atoms with Crippen molar-refractivity contribution in [2.45, 2.75) is 12.5 Å². The van der Waals surface area contributed by atoms with Gasteiger partial charge in [0.25, 0.3) is 0 Å². The molecule has 1 aromatic heterocycles. The van der Waals surface area contributed by atoms with E-state index in [1.807, 2.05) is 6.07 Å². The van der Waals surface area contributed by atoms with Gasteiger partial charge < -0.3 is 10.5 Å². The monoisotopic (exact) mass is 359 g/mol. The molecule has 1 aliphatic heterocycles. The zero-order valence-corrected chi connectivity index (χ0v) is 13.7. The standard InChI is InChI=1S/C17H14BrNOS/c18-14-3-1-2-12-13(9-21-17(12)14)16(19)11-4-5-15-10(8-11)6-7-20-15/h1-5,8-9,16H,6-7,19H2. The average Bonchev–Trinajstić information content (AvgIpc) is 3.13. The number of fused-ring (bicyclic) bond motifs is 2. The van der Waals surface area contributed by atoms with Gasteiger partial charge in [-0.3, -0.25) is 0 Å². The van der Waals surface area contributed by atoms with Crippen molar-refractivity contribution in [3.8, 4) is 5.75 Å². The summed E-state index contributed by atoms with van der Waals surface area (Å²) in [6.45, 7) is 0.780. The molecular formula is C17H14BrNOS. The van der Waals surface area contributed by atoms with Gasteiger partial charge in [-0.15, -0.1) is 11.3 Å². The van der Waals surface area contributed by atoms with Crippen LogP contribution in [-0.2, 0) is 6.42 Å². The number of ether oxygens (including phenoxy) is 1. The van der Waals surface area contributed by atoms with E-state index < -0.39 is 0 Å². The minimum absolute atomic E-state index is 0.0982. The average molecular weight is 360 g/mol. The van der Waals surface area contributed by atoms with E-state index in [1.165, 1.54) is 21.2 Å². The molecule has 2 N–H and O–H groups in total. The molecule has 2 heterocycles. The first kappa shape index (κ1) is 13.3. The highest BCUT2D eigenvalue weighted by Crippen LogP contribution is 2.37. The zero-order chi connectivity index (χ0) is 14.4. The van der Waals surface area contributed by atoms with Crippen molar-refractivity contribution in [2.75, 3.05) is 6.61 Å². The first-order chi connectivity index (χ1) is 10.2. The van der Waals surface area contributed by atoms with Crippen molar-refractivity contribution in [3.63, 3.8) is 0 Å². The van der Waals surface area contributed by atoms with Gasteiger partial charge in [0.15, 0.2) is 0 Å². The summed E-state index contributed by atoms with van der Waals surface area (Å²) in [4.78, 5) is 0. The molecular weight excluding hydrogens is 346 g/mol. The molecule has 2 nitrogen and oxygen atoms in total. The molecule has 4 heteroatoms. The van der Waals surface area contributed by atoms with Gasteiger partial charge in [-0.05, 0) is 55.5 Å². The maximum absolute atomic E-state index is 6.52. The Kier molecular flexibility index (Phi) is 3.25. The Bertz CT molecular complexity index is 827. The van der Waals surface area contributed by atoms with E-state index in [0.29, 0.717) is 0 Å². The molecule has 0 amide bonds. The fraction of sp³-hybridized carbons (Fsp3) is 0.176. The van der Waals surface area contributed by atoms with Crippen LogP contribution in [-0.4, -0.2) is 6.61 Å². The van der Waals surface area contributed by atoms with Crippen LogP contribution in [0.15, 0.2) is 46.3 Å². The molecule has 21 heavy (non-hydrogen) atoms. The summed E-state index contributed by atoms with van der Waals surface area (Å²) in [5, 5.41) is 3.41. The summed E-state index contributed by atoms with van der Waals surface area (Å²) < 4.78 is 7.95. The number of benzene rings is 2. The lowest BCUT2D eigenvalue weighted by molar-refractivity contribution is 0.357. The van der Waals surface area contributed by atoms with Gasteiger partial charge in [-0.25, -0.2) is 0 Å². The molecule has 2 aromatic carbocycles. The molecule has 1 atom stereocenters. The molecule has 0 spiro atoms. The molecule has 3 aromatic rings. The maximum atomic E-state index is 6.52. The van der Waals surface area contributed by atoms with Crippen LogP contribution in [0.5, 0.6) is 5.75 Å². The van der Waals surface area contributed by atoms with Crippen LogP contribution in [0.1, 0.15) is 22.7 Å². The Hall–Kier alpha value is -1.36. The van der Waals surface area contributed by atoms with Crippen molar-refractivity contribution in [2.24, 2.45) is 5.73 Å². The SMILES string of the molecule is NC(c1ccc2c(c1)CCO2)c1csc2c(Br)cccc12. The second kappa shape index (κ2) is 5.13. The molecule has 4 rings (SSSR count). The van der Waals surface area contributed by atoms with Crippen LogP contribution in [0.4, 0.5) is 0 Å². The predicted molar refractivity (Wildman–Crippen MR) is 91.2 cm³/mol. The fourth-order valence-electron chi connectivity index (χ4n) is 2.86. The first-order valence-corrected chi connectivity index (χ1v) is 8.58. The molecule has 0 bridgehead atoms. The Balaban J connectivity index is 1.79. The lowest BCUT2D eigenvalue weighted by Crippen LogP contribution is -2.11.